The third-order valence-electron chi connectivity index (χ3n) is 5.50. The van der Waals surface area contributed by atoms with Gasteiger partial charge < -0.3 is 5.32 Å². The first kappa shape index (κ1) is 17.9. The van der Waals surface area contributed by atoms with E-state index < -0.39 is 18.0 Å². The molecule has 0 spiro atoms. The molecule has 0 saturated carbocycles. The van der Waals surface area contributed by atoms with E-state index in [-0.39, 0.29) is 17.6 Å². The van der Waals surface area contributed by atoms with Crippen molar-refractivity contribution in [3.63, 3.8) is 0 Å². The quantitative estimate of drug-likeness (QED) is 0.645. The number of Topliss-reactive ketones (excluding diaryl/α,β-unsaturated/α-hetero) is 1. The van der Waals surface area contributed by atoms with Crippen LogP contribution in [0, 0.1) is 5.92 Å². The van der Waals surface area contributed by atoms with Crippen LogP contribution < -0.4 is 5.32 Å². The fourth-order valence-electron chi connectivity index (χ4n) is 4.30. The molecule has 5 nitrogen and oxygen atoms in total. The Labute approximate surface area is 164 Å². The van der Waals surface area contributed by atoms with Crippen LogP contribution in [0.5, 0.6) is 0 Å². The number of benzene rings is 2. The number of nitrogens with one attached hydrogen (secondary N) is 1. The lowest BCUT2D eigenvalue weighted by Gasteiger charge is -2.34. The minimum absolute atomic E-state index is 0.0101. The number of carbonyl (C=O) groups excluding carboxylic acids is 1. The maximum atomic E-state index is 13.3. The first-order valence-electron chi connectivity index (χ1n) is 9.37. The van der Waals surface area contributed by atoms with E-state index in [1.54, 1.807) is 0 Å². The fourth-order valence-corrected chi connectivity index (χ4v) is 4.30. The summed E-state index contributed by atoms with van der Waals surface area (Å²) in [6, 6.07) is 12.5. The molecule has 2 heterocycles. The summed E-state index contributed by atoms with van der Waals surface area (Å²) in [5.41, 5.74) is 1.85. The van der Waals surface area contributed by atoms with Crippen LogP contribution in [0.4, 0.5) is 19.1 Å². The number of hydrogen-bond acceptors (Lipinski definition) is 4. The zero-order valence-electron chi connectivity index (χ0n) is 15.5. The van der Waals surface area contributed by atoms with Crippen LogP contribution in [0.1, 0.15) is 37.2 Å². The molecule has 1 aliphatic carbocycles. The third kappa shape index (κ3) is 2.82. The maximum Gasteiger partial charge on any atom is 0.453 e. The van der Waals surface area contributed by atoms with Crippen LogP contribution in [0.2, 0.25) is 0 Å². The van der Waals surface area contributed by atoms with Crippen molar-refractivity contribution in [2.45, 2.75) is 32.0 Å². The van der Waals surface area contributed by atoms with Gasteiger partial charge in [0.1, 0.15) is 6.04 Å². The fraction of sp³-hybridized carbons (Fsp3) is 0.286. The molecule has 1 aliphatic heterocycles. The Hall–Kier alpha value is -3.16. The van der Waals surface area contributed by atoms with Gasteiger partial charge in [0.2, 0.25) is 5.95 Å². The van der Waals surface area contributed by atoms with Gasteiger partial charge in [-0.15, -0.1) is 5.10 Å². The molecule has 1 aromatic heterocycles. The van der Waals surface area contributed by atoms with Crippen molar-refractivity contribution in [3.8, 4) is 0 Å². The third-order valence-corrected chi connectivity index (χ3v) is 5.50. The van der Waals surface area contributed by atoms with E-state index in [0.717, 1.165) is 16.3 Å². The van der Waals surface area contributed by atoms with E-state index >= 15 is 0 Å². The zero-order chi connectivity index (χ0) is 20.3. The Balaban J connectivity index is 1.79. The van der Waals surface area contributed by atoms with Crippen LogP contribution >= 0.6 is 0 Å². The number of nitrogens with zero attached hydrogens (tertiary/aromatic N) is 3. The first-order chi connectivity index (χ1) is 13.8. The monoisotopic (exact) mass is 398 g/mol. The molecular formula is C21H17F3N4O. The number of allylic oxidation sites excluding steroid dienone is 2. The van der Waals surface area contributed by atoms with Crippen LogP contribution in [0.15, 0.2) is 53.7 Å². The van der Waals surface area contributed by atoms with Crippen molar-refractivity contribution in [1.82, 2.24) is 14.8 Å². The minimum Gasteiger partial charge on any atom is -0.328 e. The molecule has 1 N–H and O–H groups in total. The van der Waals surface area contributed by atoms with Gasteiger partial charge in [-0.25, -0.2) is 4.68 Å². The number of aromatic nitrogens is 3. The molecule has 2 atom stereocenters. The van der Waals surface area contributed by atoms with Crippen molar-refractivity contribution in [3.05, 3.63) is 65.1 Å². The average Bonchev–Trinajstić information content (AvgIpc) is 3.10. The van der Waals surface area contributed by atoms with E-state index in [2.05, 4.69) is 15.4 Å². The second-order valence-corrected chi connectivity index (χ2v) is 7.63. The number of alkyl halides is 3. The largest absolute Gasteiger partial charge is 0.453 e. The highest BCUT2D eigenvalue weighted by Crippen LogP contribution is 2.43. The molecule has 2 aromatic carbocycles. The predicted octanol–water partition coefficient (Wildman–Crippen LogP) is 4.72. The molecule has 0 bridgehead atoms. The van der Waals surface area contributed by atoms with E-state index in [1.807, 2.05) is 49.4 Å². The van der Waals surface area contributed by atoms with Gasteiger partial charge >= 0.3 is 6.18 Å². The lowest BCUT2D eigenvalue weighted by Crippen LogP contribution is -2.33. The van der Waals surface area contributed by atoms with E-state index in [4.69, 9.17) is 0 Å². The Bertz CT molecular complexity index is 1170. The molecule has 0 unspecified atom stereocenters. The molecule has 148 valence electrons. The molecular weight excluding hydrogens is 381 g/mol. The number of carbonyl (C=O) groups is 1. The van der Waals surface area contributed by atoms with Crippen LogP contribution in [-0.2, 0) is 11.0 Å². The standard InChI is InChI=1S/C21H17F3N4O/c1-11-9-15-17(16(29)10-11)18(14-8-4-6-12-5-2-3-7-13(12)14)28-20(25-15)26-19(27-28)21(22,23)24/h2-8,11,18H,9-10H2,1H3,(H,25,26,27)/t11-,18+/m0/s1. The van der Waals surface area contributed by atoms with Gasteiger partial charge in [-0.2, -0.15) is 18.2 Å². The number of rotatable bonds is 1. The van der Waals surface area contributed by atoms with Crippen LogP contribution in [0.3, 0.4) is 0 Å². The Morgan fingerprint density at radius 3 is 2.66 bits per heavy atom. The lowest BCUT2D eigenvalue weighted by atomic mass is 9.80. The normalized spacial score (nSPS) is 21.7. The number of halogens is 3. The highest BCUT2D eigenvalue weighted by molar-refractivity contribution is 6.00. The van der Waals surface area contributed by atoms with Gasteiger partial charge in [-0.05, 0) is 28.7 Å². The Kier molecular flexibility index (Phi) is 3.81. The van der Waals surface area contributed by atoms with Gasteiger partial charge in [-0.1, -0.05) is 49.4 Å². The Morgan fingerprint density at radius 2 is 1.86 bits per heavy atom. The van der Waals surface area contributed by atoms with Crippen LogP contribution in [-0.4, -0.2) is 20.5 Å². The van der Waals surface area contributed by atoms with Gasteiger partial charge in [0.25, 0.3) is 5.82 Å². The molecule has 0 saturated heterocycles. The second-order valence-electron chi connectivity index (χ2n) is 7.63. The van der Waals surface area contributed by atoms with E-state index in [1.165, 1.54) is 4.68 Å². The van der Waals surface area contributed by atoms with Crippen molar-refractivity contribution < 1.29 is 18.0 Å². The van der Waals surface area contributed by atoms with Gasteiger partial charge in [0.05, 0.1) is 0 Å². The average molecular weight is 398 g/mol. The van der Waals surface area contributed by atoms with Gasteiger partial charge in [0.15, 0.2) is 5.78 Å². The Morgan fingerprint density at radius 1 is 1.10 bits per heavy atom. The van der Waals surface area contributed by atoms with Gasteiger partial charge in [-0.3, -0.25) is 4.79 Å². The highest BCUT2D eigenvalue weighted by Gasteiger charge is 2.43. The molecule has 0 fully saturated rings. The molecule has 0 amide bonds. The molecule has 2 aliphatic rings. The minimum atomic E-state index is -4.67. The summed E-state index contributed by atoms with van der Waals surface area (Å²) in [4.78, 5) is 16.7. The smallest absolute Gasteiger partial charge is 0.328 e. The summed E-state index contributed by atoms with van der Waals surface area (Å²) in [5.74, 6) is -1.17. The maximum absolute atomic E-state index is 13.3. The van der Waals surface area contributed by atoms with E-state index in [0.29, 0.717) is 24.1 Å². The summed E-state index contributed by atoms with van der Waals surface area (Å²) in [6.07, 6.45) is -3.73. The summed E-state index contributed by atoms with van der Waals surface area (Å²) in [7, 11) is 0. The highest BCUT2D eigenvalue weighted by atomic mass is 19.4. The molecule has 29 heavy (non-hydrogen) atoms. The molecule has 8 heteroatoms. The van der Waals surface area contributed by atoms with E-state index in [9.17, 15) is 18.0 Å². The van der Waals surface area contributed by atoms with Crippen molar-refractivity contribution in [1.29, 1.82) is 0 Å². The number of fused-ring (bicyclic) bond motifs is 2. The number of hydrogen-bond donors (Lipinski definition) is 1. The lowest BCUT2D eigenvalue weighted by molar-refractivity contribution is -0.145. The number of anilines is 1. The van der Waals surface area contributed by atoms with Crippen molar-refractivity contribution in [2.24, 2.45) is 5.92 Å². The second kappa shape index (κ2) is 6.17. The van der Waals surface area contributed by atoms with Gasteiger partial charge in [0, 0.05) is 17.7 Å². The summed E-state index contributed by atoms with van der Waals surface area (Å²) in [6.45, 7) is 1.96. The topological polar surface area (TPSA) is 59.8 Å². The number of ketones is 1. The summed E-state index contributed by atoms with van der Waals surface area (Å²) >= 11 is 0. The van der Waals surface area contributed by atoms with Crippen molar-refractivity contribution >= 4 is 22.5 Å². The SMILES string of the molecule is C[C@@H]1CC(=O)C2=C(C1)Nc1nc(C(F)(F)F)nn1[C@@H]2c1cccc2ccccc12. The van der Waals surface area contributed by atoms with Crippen LogP contribution in [0.25, 0.3) is 10.8 Å². The zero-order valence-corrected chi connectivity index (χ0v) is 15.5. The first-order valence-corrected chi connectivity index (χ1v) is 9.37. The summed E-state index contributed by atoms with van der Waals surface area (Å²) < 4.78 is 41.2. The van der Waals surface area contributed by atoms with Crippen molar-refractivity contribution in [2.75, 3.05) is 5.32 Å². The molecule has 3 aromatic rings. The predicted molar refractivity (Wildman–Crippen MR) is 101 cm³/mol. The molecule has 5 rings (SSSR count). The molecule has 0 radical (unpaired) electrons. The summed E-state index contributed by atoms with van der Waals surface area (Å²) in [5, 5.41) is 8.53.